The first kappa shape index (κ1) is 11.8. The maximum absolute atomic E-state index is 5.70. The maximum Gasteiger partial charge on any atom is 0.242 e. The zero-order valence-corrected chi connectivity index (χ0v) is 11.1. The van der Waals surface area contributed by atoms with Crippen LogP contribution in [0.4, 0.5) is 0 Å². The standard InChI is InChI=1S/C16H14N2O2/c1-18-15-17-14(12-8-4-2-5-9-12)16(18,20-19-15)13-10-6-3-7-11-13/h2-11,15H,1H3/i15+1,17+1,18+1. The minimum absolute atomic E-state index is 0.384. The smallest absolute Gasteiger partial charge is 0.235 e. The van der Waals surface area contributed by atoms with Crippen molar-refractivity contribution in [3.8, 4) is 0 Å². The molecule has 0 N–H and O–H groups in total. The van der Waals surface area contributed by atoms with Crippen LogP contribution in [-0.4, -0.2) is 24.0 Å². The summed E-state index contributed by atoms with van der Waals surface area (Å²) in [6.07, 6.45) is -0.384. The predicted molar refractivity (Wildman–Crippen MR) is 74.8 cm³/mol. The highest BCUT2D eigenvalue weighted by atomic mass is 17.3. The van der Waals surface area contributed by atoms with Crippen molar-refractivity contribution in [2.24, 2.45) is 4.99 Å². The number of hydrogen-bond acceptors (Lipinski definition) is 4. The highest BCUT2D eigenvalue weighted by molar-refractivity contribution is 6.08. The molecule has 2 bridgehead atoms. The molecule has 2 aromatic rings. The molecule has 0 amide bonds. The molecule has 0 aromatic heterocycles. The third kappa shape index (κ3) is 1.44. The lowest BCUT2D eigenvalue weighted by atomic mass is 9.95. The van der Waals surface area contributed by atoms with Gasteiger partial charge in [0.25, 0.3) is 0 Å². The number of aliphatic imine (C=N–C) groups is 1. The number of benzene rings is 2. The maximum atomic E-state index is 5.70. The number of nitrogens with zero attached hydrogens (tertiary/aromatic N) is 2. The number of likely N-dealkylation sites (N-methyl/N-ethyl adjacent to an activating group) is 1. The first-order chi connectivity index (χ1) is 9.82. The highest BCUT2D eigenvalue weighted by Gasteiger charge is 2.58. The fraction of sp³-hybridized carbons (Fsp3) is 0.188. The van der Waals surface area contributed by atoms with E-state index in [9.17, 15) is 0 Å². The molecule has 2 aliphatic rings. The van der Waals surface area contributed by atoms with Crippen molar-refractivity contribution in [1.82, 2.24) is 4.90 Å². The Morgan fingerprint density at radius 2 is 1.65 bits per heavy atom. The molecule has 4 heteroatoms. The Balaban J connectivity index is 1.90. The Labute approximate surface area is 117 Å². The van der Waals surface area contributed by atoms with Gasteiger partial charge in [-0.25, -0.2) is 9.89 Å². The molecule has 20 heavy (non-hydrogen) atoms. The lowest BCUT2D eigenvalue weighted by molar-refractivity contribution is -0.320. The number of fused-ring (bicyclic) bond motifs is 2. The Morgan fingerprint density at radius 1 is 1.00 bits per heavy atom. The minimum atomic E-state index is -0.757. The van der Waals surface area contributed by atoms with E-state index in [1.807, 2.05) is 72.6 Å². The zero-order chi connectivity index (χ0) is 13.6. The van der Waals surface area contributed by atoms with Gasteiger partial charge in [-0.3, -0.25) is 0 Å². The average Bonchev–Trinajstić information content (AvgIpc) is 3.00. The largest absolute Gasteiger partial charge is 0.242 e. The van der Waals surface area contributed by atoms with Crippen LogP contribution >= 0.6 is 0 Å². The van der Waals surface area contributed by atoms with Crippen molar-refractivity contribution in [3.63, 3.8) is 0 Å². The summed E-state index contributed by atoms with van der Waals surface area (Å²) in [5.74, 6) is 0. The minimum Gasteiger partial charge on any atom is -0.235 e. The van der Waals surface area contributed by atoms with Gasteiger partial charge in [-0.2, -0.15) is 9.78 Å². The predicted octanol–water partition coefficient (Wildman–Crippen LogP) is 2.52. The van der Waals surface area contributed by atoms with Crippen LogP contribution in [0, 0.1) is 0 Å². The van der Waals surface area contributed by atoms with Crippen molar-refractivity contribution in [3.05, 3.63) is 71.8 Å². The van der Waals surface area contributed by atoms with Crippen molar-refractivity contribution in [1.29, 1.82) is 0 Å². The topological polar surface area (TPSA) is 34.1 Å². The lowest BCUT2D eigenvalue weighted by Crippen LogP contribution is -2.44. The third-order valence-electron chi connectivity index (χ3n) is 3.86. The Hall–Kier alpha value is -2.01. The van der Waals surface area contributed by atoms with Gasteiger partial charge in [0.05, 0.1) is 0 Å². The van der Waals surface area contributed by atoms with E-state index in [0.29, 0.717) is 0 Å². The van der Waals surface area contributed by atoms with E-state index >= 15 is 0 Å². The molecule has 0 radical (unpaired) electrons. The van der Waals surface area contributed by atoms with Crippen molar-refractivity contribution < 1.29 is 9.78 Å². The molecule has 2 heterocycles. The van der Waals surface area contributed by atoms with E-state index in [1.165, 1.54) is 0 Å². The fourth-order valence-electron chi connectivity index (χ4n) is 2.82. The summed E-state index contributed by atoms with van der Waals surface area (Å²) < 4.78 is 0. The van der Waals surface area contributed by atoms with Crippen LogP contribution in [0.2, 0.25) is 0 Å². The van der Waals surface area contributed by atoms with Gasteiger partial charge >= 0.3 is 0 Å². The van der Waals surface area contributed by atoms with E-state index in [-0.39, 0.29) is 6.35 Å². The summed E-state index contributed by atoms with van der Waals surface area (Å²) in [6, 6.07) is 20.1. The van der Waals surface area contributed by atoms with Crippen LogP contribution in [0.25, 0.3) is 0 Å². The van der Waals surface area contributed by atoms with Crippen LogP contribution in [-0.2, 0) is 15.5 Å². The summed E-state index contributed by atoms with van der Waals surface area (Å²) in [5.41, 5.74) is 2.20. The molecule has 1 fully saturated rings. The van der Waals surface area contributed by atoms with Gasteiger partial charge in [-0.15, -0.1) is 0 Å². The van der Waals surface area contributed by atoms with Gasteiger partial charge in [-0.05, 0) is 7.05 Å². The molecule has 4 rings (SSSR count). The van der Waals surface area contributed by atoms with E-state index in [2.05, 4.69) is 4.99 Å². The van der Waals surface area contributed by atoms with E-state index < -0.39 is 5.72 Å². The summed E-state index contributed by atoms with van der Waals surface area (Å²) in [5, 5.41) is 0. The van der Waals surface area contributed by atoms with Crippen LogP contribution < -0.4 is 0 Å². The van der Waals surface area contributed by atoms with Gasteiger partial charge in [0, 0.05) is 11.1 Å². The fourth-order valence-corrected chi connectivity index (χ4v) is 2.82. The van der Waals surface area contributed by atoms with Gasteiger partial charge < -0.3 is 0 Å². The molecule has 0 aliphatic carbocycles. The van der Waals surface area contributed by atoms with Crippen LogP contribution in [0.1, 0.15) is 11.1 Å². The lowest BCUT2D eigenvalue weighted by Gasteiger charge is -2.30. The first-order valence-corrected chi connectivity index (χ1v) is 6.59. The molecule has 0 spiro atoms. The molecule has 2 unspecified atom stereocenters. The molecule has 4 nitrogen and oxygen atoms in total. The van der Waals surface area contributed by atoms with Gasteiger partial charge in [0.15, 0.2) is 0 Å². The van der Waals surface area contributed by atoms with Crippen LogP contribution in [0.3, 0.4) is 0 Å². The molecule has 0 saturated carbocycles. The molecule has 2 aliphatic heterocycles. The van der Waals surface area contributed by atoms with Crippen molar-refractivity contribution >= 4 is 5.71 Å². The normalized spacial score (nSPS) is 28.6. The van der Waals surface area contributed by atoms with Gasteiger partial charge in [0.2, 0.25) is 12.1 Å². The molecule has 2 atom stereocenters. The quantitative estimate of drug-likeness (QED) is 0.477. The average molecular weight is 269 g/mol. The number of hydrogen-bond donors (Lipinski definition) is 0. The summed E-state index contributed by atoms with van der Waals surface area (Å²) in [4.78, 5) is 17.7. The van der Waals surface area contributed by atoms with Crippen LogP contribution in [0.5, 0.6) is 0 Å². The van der Waals surface area contributed by atoms with Gasteiger partial charge in [-0.1, -0.05) is 60.7 Å². The second-order valence-electron chi connectivity index (χ2n) is 4.97. The molecule has 1 saturated heterocycles. The SMILES string of the molecule is C[15N]1[13CH]2[15N]=C(c3ccccc3)C1(c1ccccc1)OO2. The third-order valence-corrected chi connectivity index (χ3v) is 3.86. The molecule has 2 aromatic carbocycles. The molecular weight excluding hydrogens is 255 g/mol. The van der Waals surface area contributed by atoms with Gasteiger partial charge in [0.1, 0.15) is 5.71 Å². The van der Waals surface area contributed by atoms with Crippen LogP contribution in [0.15, 0.2) is 65.7 Å². The summed E-state index contributed by atoms with van der Waals surface area (Å²) >= 11 is 0. The monoisotopic (exact) mass is 269 g/mol. The number of rotatable bonds is 2. The Bertz CT molecular complexity index is 657. The van der Waals surface area contributed by atoms with Crippen molar-refractivity contribution in [2.75, 3.05) is 7.05 Å². The van der Waals surface area contributed by atoms with Crippen molar-refractivity contribution in [2.45, 2.75) is 12.1 Å². The Morgan fingerprint density at radius 3 is 2.30 bits per heavy atom. The first-order valence-electron chi connectivity index (χ1n) is 6.59. The van der Waals surface area contributed by atoms with E-state index in [1.54, 1.807) is 0 Å². The molecular formula is C16H14N2O2. The Kier molecular flexibility index (Phi) is 2.50. The second kappa shape index (κ2) is 4.24. The van der Waals surface area contributed by atoms with E-state index in [0.717, 1.165) is 16.8 Å². The highest BCUT2D eigenvalue weighted by Crippen LogP contribution is 2.45. The van der Waals surface area contributed by atoms with E-state index in [4.69, 9.17) is 9.78 Å². The molecule has 100 valence electrons. The zero-order valence-electron chi connectivity index (χ0n) is 11.1. The summed E-state index contributed by atoms with van der Waals surface area (Å²) in [6.45, 7) is 0. The summed E-state index contributed by atoms with van der Waals surface area (Å²) in [7, 11) is 1.96. The second-order valence-corrected chi connectivity index (χ2v) is 4.97.